The van der Waals surface area contributed by atoms with E-state index >= 15 is 0 Å². The summed E-state index contributed by atoms with van der Waals surface area (Å²) >= 11 is 0. The minimum atomic E-state index is -0.157. The second-order valence-electron chi connectivity index (χ2n) is 2.80. The van der Waals surface area contributed by atoms with Crippen molar-refractivity contribution in [2.24, 2.45) is 4.99 Å². The van der Waals surface area contributed by atoms with Gasteiger partial charge in [-0.3, -0.25) is 4.79 Å². The second-order valence-corrected chi connectivity index (χ2v) is 2.80. The molecule has 3 rings (SSSR count). The predicted molar refractivity (Wildman–Crippen MR) is 56.6 cm³/mol. The first kappa shape index (κ1) is 9.33. The van der Waals surface area contributed by atoms with Crippen LogP contribution in [0.3, 0.4) is 0 Å². The Bertz CT molecular complexity index is 482. The van der Waals surface area contributed by atoms with Crippen LogP contribution in [-0.2, 0) is 4.79 Å². The van der Waals surface area contributed by atoms with Gasteiger partial charge in [0.1, 0.15) is 5.52 Å². The average Bonchev–Trinajstić information content (AvgIpc) is 2.88. The van der Waals surface area contributed by atoms with Crippen LogP contribution in [0, 0.1) is 0 Å². The summed E-state index contributed by atoms with van der Waals surface area (Å²) < 4.78 is 5.01. The molecule has 1 aromatic carbocycles. The van der Waals surface area contributed by atoms with Crippen molar-refractivity contribution in [2.45, 2.75) is 0 Å². The highest BCUT2D eigenvalue weighted by Crippen LogP contribution is 2.09. The minimum absolute atomic E-state index is 0.157. The van der Waals surface area contributed by atoms with Gasteiger partial charge in [-0.15, -0.1) is 0 Å². The van der Waals surface area contributed by atoms with E-state index in [0.717, 1.165) is 11.1 Å². The van der Waals surface area contributed by atoms with Gasteiger partial charge in [0.05, 0.1) is 0 Å². The van der Waals surface area contributed by atoms with E-state index in [2.05, 4.69) is 9.98 Å². The summed E-state index contributed by atoms with van der Waals surface area (Å²) in [6.07, 6.45) is 5.95. The molecule has 74 valence electrons. The normalized spacial score (nSPS) is 12.9. The first-order valence-electron chi connectivity index (χ1n) is 4.39. The third kappa shape index (κ3) is 2.37. The van der Waals surface area contributed by atoms with Crippen molar-refractivity contribution in [2.75, 3.05) is 0 Å². The maximum Gasteiger partial charge on any atom is 0.269 e. The number of aromatic nitrogens is 1. The summed E-state index contributed by atoms with van der Waals surface area (Å²) in [4.78, 5) is 17.3. The van der Waals surface area contributed by atoms with Gasteiger partial charge in [-0.05, 0) is 18.2 Å². The van der Waals surface area contributed by atoms with Crippen LogP contribution in [0.4, 0.5) is 0 Å². The lowest BCUT2D eigenvalue weighted by Gasteiger charge is -1.79. The van der Waals surface area contributed by atoms with Crippen LogP contribution in [0.2, 0.25) is 0 Å². The summed E-state index contributed by atoms with van der Waals surface area (Å²) in [5.41, 5.74) is 1.76. The fourth-order valence-corrected chi connectivity index (χ4v) is 1.09. The van der Waals surface area contributed by atoms with Gasteiger partial charge in [0.25, 0.3) is 5.91 Å². The Morgan fingerprint density at radius 2 is 2.07 bits per heavy atom. The maximum atomic E-state index is 9.96. The number of benzene rings is 1. The summed E-state index contributed by atoms with van der Waals surface area (Å²) in [7, 11) is 0. The molecule has 4 nitrogen and oxygen atoms in total. The zero-order chi connectivity index (χ0) is 10.5. The summed E-state index contributed by atoms with van der Waals surface area (Å²) in [5, 5.41) is 0. The quantitative estimate of drug-likeness (QED) is 0.653. The number of carbonyl (C=O) groups is 1. The van der Waals surface area contributed by atoms with E-state index < -0.39 is 0 Å². The van der Waals surface area contributed by atoms with Crippen LogP contribution >= 0.6 is 0 Å². The molecule has 0 N–H and O–H groups in total. The standard InChI is InChI=1S/C7H5NO.C4H3NO/c1-2-4-7-6(3-1)8-5-9-7;6-4-2-1-3-5-4/h1-5H;1-3H. The van der Waals surface area contributed by atoms with Gasteiger partial charge < -0.3 is 4.42 Å². The predicted octanol–water partition coefficient (Wildman–Crippen LogP) is 1.98. The number of carbonyl (C=O) groups excluding carboxylic acids is 1. The van der Waals surface area contributed by atoms with Crippen molar-refractivity contribution in [3.63, 3.8) is 0 Å². The molecule has 1 amide bonds. The van der Waals surface area contributed by atoms with Crippen molar-refractivity contribution in [1.29, 1.82) is 0 Å². The molecule has 0 fully saturated rings. The van der Waals surface area contributed by atoms with Gasteiger partial charge in [0.2, 0.25) is 0 Å². The number of para-hydroxylation sites is 2. The Labute approximate surface area is 86.0 Å². The molecule has 0 saturated heterocycles. The van der Waals surface area contributed by atoms with Crippen LogP contribution in [0.1, 0.15) is 0 Å². The monoisotopic (exact) mass is 200 g/mol. The number of fused-ring (bicyclic) bond motifs is 1. The molecule has 1 aliphatic rings. The molecule has 0 spiro atoms. The Morgan fingerprint density at radius 1 is 1.20 bits per heavy atom. The molecule has 0 aliphatic carbocycles. The zero-order valence-corrected chi connectivity index (χ0v) is 7.83. The Morgan fingerprint density at radius 3 is 2.67 bits per heavy atom. The Kier molecular flexibility index (Phi) is 2.69. The van der Waals surface area contributed by atoms with E-state index in [1.54, 1.807) is 6.08 Å². The number of hydrogen-bond donors (Lipinski definition) is 0. The third-order valence-electron chi connectivity index (χ3n) is 1.76. The number of nitrogens with zero attached hydrogens (tertiary/aromatic N) is 2. The molecular formula is C11H8N2O2. The van der Waals surface area contributed by atoms with Crippen molar-refractivity contribution in [3.8, 4) is 0 Å². The highest BCUT2D eigenvalue weighted by atomic mass is 16.3. The van der Waals surface area contributed by atoms with Gasteiger partial charge in [-0.25, -0.2) is 9.98 Å². The molecule has 0 saturated carbocycles. The number of amides is 1. The number of oxazole rings is 1. The fraction of sp³-hybridized carbons (Fsp3) is 0. The molecule has 2 aromatic rings. The van der Waals surface area contributed by atoms with E-state index in [-0.39, 0.29) is 5.91 Å². The Hall–Kier alpha value is -2.23. The van der Waals surface area contributed by atoms with Crippen LogP contribution < -0.4 is 0 Å². The Balaban J connectivity index is 0.000000124. The van der Waals surface area contributed by atoms with Crippen molar-refractivity contribution in [1.82, 2.24) is 4.98 Å². The van der Waals surface area contributed by atoms with Crippen molar-refractivity contribution in [3.05, 3.63) is 42.8 Å². The summed E-state index contributed by atoms with van der Waals surface area (Å²) in [6.45, 7) is 0. The smallest absolute Gasteiger partial charge is 0.269 e. The van der Waals surface area contributed by atoms with Crippen LogP contribution in [0.5, 0.6) is 0 Å². The molecule has 2 heterocycles. The largest absolute Gasteiger partial charge is 0.443 e. The van der Waals surface area contributed by atoms with Gasteiger partial charge in [0, 0.05) is 12.3 Å². The van der Waals surface area contributed by atoms with E-state index in [9.17, 15) is 4.79 Å². The number of rotatable bonds is 0. The van der Waals surface area contributed by atoms with E-state index in [0.29, 0.717) is 0 Å². The second kappa shape index (κ2) is 4.32. The summed E-state index contributed by atoms with van der Waals surface area (Å²) in [6, 6.07) is 7.67. The molecule has 1 aromatic heterocycles. The fourth-order valence-electron chi connectivity index (χ4n) is 1.09. The molecule has 15 heavy (non-hydrogen) atoms. The molecular weight excluding hydrogens is 192 g/mol. The molecule has 0 atom stereocenters. The first-order chi connectivity index (χ1) is 7.36. The highest BCUT2D eigenvalue weighted by molar-refractivity contribution is 6.03. The van der Waals surface area contributed by atoms with E-state index in [4.69, 9.17) is 4.42 Å². The molecule has 1 aliphatic heterocycles. The van der Waals surface area contributed by atoms with E-state index in [1.165, 1.54) is 18.7 Å². The number of allylic oxidation sites excluding steroid dienone is 1. The lowest BCUT2D eigenvalue weighted by atomic mass is 10.3. The van der Waals surface area contributed by atoms with Gasteiger partial charge >= 0.3 is 0 Å². The first-order valence-corrected chi connectivity index (χ1v) is 4.39. The van der Waals surface area contributed by atoms with Crippen LogP contribution in [-0.4, -0.2) is 17.1 Å². The van der Waals surface area contributed by atoms with E-state index in [1.807, 2.05) is 24.3 Å². The van der Waals surface area contributed by atoms with Gasteiger partial charge in [-0.1, -0.05) is 12.1 Å². The van der Waals surface area contributed by atoms with Crippen molar-refractivity contribution >= 4 is 23.2 Å². The molecule has 0 unspecified atom stereocenters. The van der Waals surface area contributed by atoms with Crippen molar-refractivity contribution < 1.29 is 9.21 Å². The minimum Gasteiger partial charge on any atom is -0.443 e. The molecule has 0 bridgehead atoms. The maximum absolute atomic E-state index is 9.96. The number of aliphatic imine (C=N–C) groups is 1. The highest BCUT2D eigenvalue weighted by Gasteiger charge is 1.91. The topological polar surface area (TPSA) is 55.5 Å². The molecule has 0 radical (unpaired) electrons. The third-order valence-corrected chi connectivity index (χ3v) is 1.76. The van der Waals surface area contributed by atoms with Gasteiger partial charge in [0.15, 0.2) is 12.0 Å². The molecule has 4 heteroatoms. The lowest BCUT2D eigenvalue weighted by Crippen LogP contribution is -1.75. The van der Waals surface area contributed by atoms with Crippen LogP contribution in [0.25, 0.3) is 11.1 Å². The van der Waals surface area contributed by atoms with Gasteiger partial charge in [-0.2, -0.15) is 0 Å². The van der Waals surface area contributed by atoms with Crippen LogP contribution in [0.15, 0.2) is 52.2 Å². The zero-order valence-electron chi connectivity index (χ0n) is 7.83. The number of hydrogen-bond acceptors (Lipinski definition) is 3. The lowest BCUT2D eigenvalue weighted by molar-refractivity contribution is -0.113. The summed E-state index contributed by atoms with van der Waals surface area (Å²) in [5.74, 6) is -0.157. The average molecular weight is 200 g/mol. The SMILES string of the molecule is O=C1C=CC=N1.c1ccc2ocnc2c1.